The van der Waals surface area contributed by atoms with Crippen LogP contribution in [0.15, 0.2) is 24.3 Å². The van der Waals surface area contributed by atoms with Gasteiger partial charge in [0.25, 0.3) is 0 Å². The highest BCUT2D eigenvalue weighted by Gasteiger charge is 2.23. The second-order valence-electron chi connectivity index (χ2n) is 5.25. The molecule has 8 heteroatoms. The van der Waals surface area contributed by atoms with E-state index in [0.717, 1.165) is 6.26 Å². The summed E-state index contributed by atoms with van der Waals surface area (Å²) in [5.41, 5.74) is 0.437. The molecule has 128 valence electrons. The van der Waals surface area contributed by atoms with Crippen molar-refractivity contribution in [1.29, 1.82) is 0 Å². The third-order valence-corrected chi connectivity index (χ3v) is 4.83. The van der Waals surface area contributed by atoms with E-state index in [0.29, 0.717) is 37.7 Å². The summed E-state index contributed by atoms with van der Waals surface area (Å²) in [7, 11) is -2.03. The number of carbonyl (C=O) groups excluding carboxylic acids is 1. The topological polar surface area (TPSA) is 76.2 Å². The summed E-state index contributed by atoms with van der Waals surface area (Å²) in [5, 5.41) is 0. The van der Waals surface area contributed by atoms with Crippen molar-refractivity contribution >= 4 is 21.6 Å². The van der Waals surface area contributed by atoms with Gasteiger partial charge >= 0.3 is 0 Å². The zero-order valence-electron chi connectivity index (χ0n) is 13.4. The molecule has 0 bridgehead atoms. The van der Waals surface area contributed by atoms with E-state index in [-0.39, 0.29) is 18.9 Å². The SMILES string of the molecule is COc1ccccc1N(CCC(=O)N1CCOCC1)S(C)(=O)=O. The van der Waals surface area contributed by atoms with Crippen molar-refractivity contribution in [2.75, 3.05) is 50.5 Å². The highest BCUT2D eigenvalue weighted by molar-refractivity contribution is 7.92. The van der Waals surface area contributed by atoms with Crippen LogP contribution in [0, 0.1) is 0 Å². The molecule has 1 fully saturated rings. The lowest BCUT2D eigenvalue weighted by molar-refractivity contribution is -0.135. The quantitative estimate of drug-likeness (QED) is 0.761. The van der Waals surface area contributed by atoms with E-state index < -0.39 is 10.0 Å². The van der Waals surface area contributed by atoms with Gasteiger partial charge in [0, 0.05) is 26.1 Å². The molecule has 1 aromatic rings. The lowest BCUT2D eigenvalue weighted by Crippen LogP contribution is -2.42. The molecule has 0 aliphatic carbocycles. The maximum atomic E-state index is 12.2. The number of sulfonamides is 1. The lowest BCUT2D eigenvalue weighted by Gasteiger charge is -2.29. The Balaban J connectivity index is 2.12. The molecule has 7 nitrogen and oxygen atoms in total. The molecule has 0 saturated carbocycles. The highest BCUT2D eigenvalue weighted by Crippen LogP contribution is 2.29. The number of methoxy groups -OCH3 is 1. The van der Waals surface area contributed by atoms with Crippen LogP contribution in [0.1, 0.15) is 6.42 Å². The Morgan fingerprint density at radius 3 is 2.57 bits per heavy atom. The minimum Gasteiger partial charge on any atom is -0.495 e. The number of hydrogen-bond donors (Lipinski definition) is 0. The molecular weight excluding hydrogens is 320 g/mol. The van der Waals surface area contributed by atoms with Crippen molar-refractivity contribution in [1.82, 2.24) is 4.90 Å². The molecule has 23 heavy (non-hydrogen) atoms. The van der Waals surface area contributed by atoms with Gasteiger partial charge < -0.3 is 14.4 Å². The predicted octanol–water partition coefficient (Wildman–Crippen LogP) is 0.710. The number of carbonyl (C=O) groups is 1. The van der Waals surface area contributed by atoms with Crippen LogP contribution >= 0.6 is 0 Å². The second kappa shape index (κ2) is 7.65. The minimum atomic E-state index is -3.52. The van der Waals surface area contributed by atoms with Crippen LogP contribution < -0.4 is 9.04 Å². The minimum absolute atomic E-state index is 0.0724. The molecule has 1 saturated heterocycles. The van der Waals surface area contributed by atoms with E-state index in [1.165, 1.54) is 11.4 Å². The number of para-hydroxylation sites is 2. The third kappa shape index (κ3) is 4.59. The summed E-state index contributed by atoms with van der Waals surface area (Å²) >= 11 is 0. The van der Waals surface area contributed by atoms with Gasteiger partial charge in [-0.2, -0.15) is 0 Å². The summed E-state index contributed by atoms with van der Waals surface area (Å²) in [4.78, 5) is 13.9. The molecule has 1 heterocycles. The Labute approximate surface area is 136 Å². The molecule has 0 radical (unpaired) electrons. The number of hydrogen-bond acceptors (Lipinski definition) is 5. The fraction of sp³-hybridized carbons (Fsp3) is 0.533. The van der Waals surface area contributed by atoms with E-state index in [9.17, 15) is 13.2 Å². The standard InChI is InChI=1S/C15H22N2O5S/c1-21-14-6-4-3-5-13(14)17(23(2,19)20)8-7-15(18)16-9-11-22-12-10-16/h3-6H,7-12H2,1-2H3. The number of anilines is 1. The van der Waals surface area contributed by atoms with Crippen LogP contribution in [0.3, 0.4) is 0 Å². The van der Waals surface area contributed by atoms with Gasteiger partial charge in [-0.15, -0.1) is 0 Å². The number of benzene rings is 1. The first-order valence-corrected chi connectivity index (χ1v) is 9.24. The Bertz CT molecular complexity index is 641. The van der Waals surface area contributed by atoms with Gasteiger partial charge in [0.15, 0.2) is 0 Å². The first kappa shape index (κ1) is 17.6. The maximum absolute atomic E-state index is 12.2. The zero-order valence-corrected chi connectivity index (χ0v) is 14.2. The number of nitrogens with zero attached hydrogens (tertiary/aromatic N) is 2. The van der Waals surface area contributed by atoms with Crippen LogP contribution in [0.4, 0.5) is 5.69 Å². The van der Waals surface area contributed by atoms with Gasteiger partial charge in [-0.25, -0.2) is 8.42 Å². The summed E-state index contributed by atoms with van der Waals surface area (Å²) in [6, 6.07) is 6.86. The van der Waals surface area contributed by atoms with E-state index in [1.54, 1.807) is 29.2 Å². The van der Waals surface area contributed by atoms with E-state index in [2.05, 4.69) is 0 Å². The molecule has 0 atom stereocenters. The van der Waals surface area contributed by atoms with Crippen LogP contribution in [0.5, 0.6) is 5.75 Å². The van der Waals surface area contributed by atoms with E-state index >= 15 is 0 Å². The first-order chi connectivity index (χ1) is 10.9. The van der Waals surface area contributed by atoms with Crippen LogP contribution in [0.25, 0.3) is 0 Å². The number of rotatable bonds is 6. The van der Waals surface area contributed by atoms with Crippen molar-refractivity contribution < 1.29 is 22.7 Å². The average molecular weight is 342 g/mol. The summed E-state index contributed by atoms with van der Waals surface area (Å²) in [5.74, 6) is 0.383. The molecule has 2 rings (SSSR count). The normalized spacial score (nSPS) is 15.3. The molecule has 1 aromatic carbocycles. The predicted molar refractivity (Wildman–Crippen MR) is 87.2 cm³/mol. The fourth-order valence-corrected chi connectivity index (χ4v) is 3.40. The molecule has 1 amide bonds. The van der Waals surface area contributed by atoms with Crippen molar-refractivity contribution in [3.05, 3.63) is 24.3 Å². The second-order valence-corrected chi connectivity index (χ2v) is 7.16. The number of ether oxygens (including phenoxy) is 2. The molecule has 0 aromatic heterocycles. The third-order valence-electron chi connectivity index (χ3n) is 3.65. The van der Waals surface area contributed by atoms with Gasteiger partial charge in [0.1, 0.15) is 5.75 Å². The van der Waals surface area contributed by atoms with Crippen molar-refractivity contribution in [3.63, 3.8) is 0 Å². The fourth-order valence-electron chi connectivity index (χ4n) is 2.47. The van der Waals surface area contributed by atoms with Crippen molar-refractivity contribution in [2.45, 2.75) is 6.42 Å². The highest BCUT2D eigenvalue weighted by atomic mass is 32.2. The van der Waals surface area contributed by atoms with Gasteiger partial charge in [-0.1, -0.05) is 12.1 Å². The molecule has 0 spiro atoms. The maximum Gasteiger partial charge on any atom is 0.232 e. The Kier molecular flexibility index (Phi) is 5.84. The Morgan fingerprint density at radius 1 is 1.30 bits per heavy atom. The smallest absolute Gasteiger partial charge is 0.232 e. The summed E-state index contributed by atoms with van der Waals surface area (Å²) < 4.78 is 35.9. The van der Waals surface area contributed by atoms with Gasteiger partial charge in [0.2, 0.25) is 15.9 Å². The summed E-state index contributed by atoms with van der Waals surface area (Å²) in [6.07, 6.45) is 1.24. The van der Waals surface area contributed by atoms with Crippen molar-refractivity contribution in [3.8, 4) is 5.75 Å². The molecule has 1 aliphatic heterocycles. The molecule has 0 N–H and O–H groups in total. The van der Waals surface area contributed by atoms with Gasteiger partial charge in [-0.3, -0.25) is 9.10 Å². The number of amides is 1. The number of morpholine rings is 1. The Hall–Kier alpha value is -1.80. The first-order valence-electron chi connectivity index (χ1n) is 7.39. The summed E-state index contributed by atoms with van der Waals surface area (Å²) in [6.45, 7) is 2.22. The Morgan fingerprint density at radius 2 is 1.96 bits per heavy atom. The van der Waals surface area contributed by atoms with Gasteiger partial charge in [-0.05, 0) is 12.1 Å². The zero-order chi connectivity index (χ0) is 16.9. The van der Waals surface area contributed by atoms with E-state index in [1.807, 2.05) is 0 Å². The van der Waals surface area contributed by atoms with Gasteiger partial charge in [0.05, 0.1) is 32.3 Å². The van der Waals surface area contributed by atoms with Crippen molar-refractivity contribution in [2.24, 2.45) is 0 Å². The van der Waals surface area contributed by atoms with Crippen LogP contribution in [-0.4, -0.2) is 65.4 Å². The average Bonchev–Trinajstić information content (AvgIpc) is 2.55. The van der Waals surface area contributed by atoms with E-state index in [4.69, 9.17) is 9.47 Å². The lowest BCUT2D eigenvalue weighted by atomic mass is 10.2. The molecule has 0 unspecified atom stereocenters. The largest absolute Gasteiger partial charge is 0.495 e. The monoisotopic (exact) mass is 342 g/mol. The molecular formula is C15H22N2O5S. The van der Waals surface area contributed by atoms with Crippen LogP contribution in [-0.2, 0) is 19.6 Å². The van der Waals surface area contributed by atoms with Crippen LogP contribution in [0.2, 0.25) is 0 Å². The molecule has 1 aliphatic rings.